The van der Waals surface area contributed by atoms with E-state index in [1.165, 1.54) is 11.1 Å². The predicted molar refractivity (Wildman–Crippen MR) is 52.8 cm³/mol. The molecule has 0 fully saturated rings. The van der Waals surface area contributed by atoms with Crippen molar-refractivity contribution in [1.82, 2.24) is 0 Å². The Bertz CT molecular complexity index is 402. The van der Waals surface area contributed by atoms with Gasteiger partial charge in [0.1, 0.15) is 11.7 Å². The second-order valence-electron chi connectivity index (χ2n) is 3.66. The Morgan fingerprint density at radius 3 is 3.14 bits per heavy atom. The summed E-state index contributed by atoms with van der Waals surface area (Å²) in [5, 5.41) is 0. The summed E-state index contributed by atoms with van der Waals surface area (Å²) in [6, 6.07) is 8.29. The molecule has 2 aliphatic rings. The molecule has 2 aliphatic heterocycles. The smallest absolute Gasteiger partial charge is 0.246 e. The van der Waals surface area contributed by atoms with Gasteiger partial charge in [0, 0.05) is 0 Å². The molecule has 0 saturated heterocycles. The molecule has 2 heterocycles. The van der Waals surface area contributed by atoms with Crippen molar-refractivity contribution in [1.29, 1.82) is 0 Å². The standard InChI is InChI=1S/C11H9O2Si/c14-12-7-11-6-5-10(13-11)8-3-1-2-4-9(8)11/h1-6,10H,7H2. The highest BCUT2D eigenvalue weighted by Gasteiger charge is 2.46. The molecule has 2 atom stereocenters. The van der Waals surface area contributed by atoms with Gasteiger partial charge in [0.15, 0.2) is 0 Å². The number of ether oxygens (including phenoxy) is 1. The molecule has 1 aromatic carbocycles. The maximum Gasteiger partial charge on any atom is 0.246 e. The van der Waals surface area contributed by atoms with E-state index in [-0.39, 0.29) is 11.7 Å². The maximum absolute atomic E-state index is 5.90. The third-order valence-electron chi connectivity index (χ3n) is 2.89. The number of fused-ring (bicyclic) bond motifs is 5. The highest BCUT2D eigenvalue weighted by molar-refractivity contribution is 5.98. The monoisotopic (exact) mass is 201 g/mol. The zero-order valence-corrected chi connectivity index (χ0v) is 8.57. The first-order chi connectivity index (χ1) is 6.86. The van der Waals surface area contributed by atoms with Crippen LogP contribution in [-0.2, 0) is 14.8 Å². The average molecular weight is 201 g/mol. The summed E-state index contributed by atoms with van der Waals surface area (Å²) in [5.41, 5.74) is 2.13. The minimum Gasteiger partial charge on any atom is -0.415 e. The molecule has 3 radical (unpaired) electrons. The van der Waals surface area contributed by atoms with Gasteiger partial charge in [0.2, 0.25) is 10.5 Å². The van der Waals surface area contributed by atoms with Gasteiger partial charge < -0.3 is 9.16 Å². The largest absolute Gasteiger partial charge is 0.415 e. The second kappa shape index (κ2) is 2.79. The van der Waals surface area contributed by atoms with Gasteiger partial charge >= 0.3 is 0 Å². The van der Waals surface area contributed by atoms with Gasteiger partial charge in [-0.2, -0.15) is 0 Å². The first-order valence-electron chi connectivity index (χ1n) is 4.61. The Balaban J connectivity index is 2.14. The van der Waals surface area contributed by atoms with Crippen molar-refractivity contribution < 1.29 is 9.16 Å². The van der Waals surface area contributed by atoms with E-state index in [4.69, 9.17) is 9.16 Å². The molecule has 2 bridgehead atoms. The van der Waals surface area contributed by atoms with E-state index in [9.17, 15) is 0 Å². The van der Waals surface area contributed by atoms with E-state index < -0.39 is 0 Å². The van der Waals surface area contributed by atoms with Crippen LogP contribution in [0.15, 0.2) is 36.4 Å². The summed E-state index contributed by atoms with van der Waals surface area (Å²) in [7, 11) is 3.04. The Morgan fingerprint density at radius 2 is 2.29 bits per heavy atom. The van der Waals surface area contributed by atoms with E-state index in [2.05, 4.69) is 34.8 Å². The Labute approximate surface area is 86.1 Å². The molecule has 0 aliphatic carbocycles. The van der Waals surface area contributed by atoms with Crippen molar-refractivity contribution in [3.63, 3.8) is 0 Å². The summed E-state index contributed by atoms with van der Waals surface area (Å²) in [6.45, 7) is 0.508. The van der Waals surface area contributed by atoms with Crippen LogP contribution in [0.2, 0.25) is 0 Å². The van der Waals surface area contributed by atoms with Crippen molar-refractivity contribution >= 4 is 10.5 Å². The van der Waals surface area contributed by atoms with Gasteiger partial charge in [-0.15, -0.1) is 0 Å². The van der Waals surface area contributed by atoms with E-state index >= 15 is 0 Å². The third-order valence-corrected chi connectivity index (χ3v) is 3.03. The molecule has 3 rings (SSSR count). The highest BCUT2D eigenvalue weighted by atomic mass is 28.2. The van der Waals surface area contributed by atoms with Crippen LogP contribution in [0.25, 0.3) is 0 Å². The van der Waals surface area contributed by atoms with Gasteiger partial charge in [0.25, 0.3) is 0 Å². The zero-order valence-electron chi connectivity index (χ0n) is 7.57. The molecule has 0 amide bonds. The Morgan fingerprint density at radius 1 is 1.43 bits per heavy atom. The molecule has 69 valence electrons. The fourth-order valence-corrected chi connectivity index (χ4v) is 2.48. The van der Waals surface area contributed by atoms with Crippen LogP contribution in [0.5, 0.6) is 0 Å². The van der Waals surface area contributed by atoms with Crippen LogP contribution in [0.1, 0.15) is 17.2 Å². The van der Waals surface area contributed by atoms with Gasteiger partial charge in [0.05, 0.1) is 6.61 Å². The number of hydrogen-bond donors (Lipinski definition) is 0. The van der Waals surface area contributed by atoms with Crippen molar-refractivity contribution in [3.05, 3.63) is 47.5 Å². The topological polar surface area (TPSA) is 18.5 Å². The number of benzene rings is 1. The molecule has 14 heavy (non-hydrogen) atoms. The maximum atomic E-state index is 5.90. The third kappa shape index (κ3) is 0.918. The normalized spacial score (nSPS) is 32.2. The lowest BCUT2D eigenvalue weighted by Crippen LogP contribution is -2.27. The fourth-order valence-electron chi connectivity index (χ4n) is 2.27. The Kier molecular flexibility index (Phi) is 1.68. The fraction of sp³-hybridized carbons (Fsp3) is 0.273. The first-order valence-corrected chi connectivity index (χ1v) is 5.02. The summed E-state index contributed by atoms with van der Waals surface area (Å²) < 4.78 is 10.9. The zero-order chi connectivity index (χ0) is 9.60. The molecule has 2 unspecified atom stereocenters. The summed E-state index contributed by atoms with van der Waals surface area (Å²) in [6.07, 6.45) is 4.29. The van der Waals surface area contributed by atoms with Crippen molar-refractivity contribution in [2.75, 3.05) is 6.61 Å². The molecule has 2 nitrogen and oxygen atoms in total. The molecule has 1 aromatic rings. The van der Waals surface area contributed by atoms with E-state index in [0.717, 1.165) is 0 Å². The van der Waals surface area contributed by atoms with Crippen LogP contribution in [-0.4, -0.2) is 17.1 Å². The number of rotatable bonds is 2. The van der Waals surface area contributed by atoms with Crippen molar-refractivity contribution in [2.24, 2.45) is 0 Å². The molecule has 0 aromatic heterocycles. The molecule has 3 heteroatoms. The van der Waals surface area contributed by atoms with Gasteiger partial charge in [-0.3, -0.25) is 0 Å². The van der Waals surface area contributed by atoms with E-state index in [1.54, 1.807) is 0 Å². The SMILES string of the molecule is [Si]OCC12C=CC(O1)c1ccccc12. The van der Waals surface area contributed by atoms with E-state index in [1.807, 2.05) is 12.1 Å². The number of hydrogen-bond acceptors (Lipinski definition) is 2. The lowest BCUT2D eigenvalue weighted by molar-refractivity contribution is -0.0311. The summed E-state index contributed by atoms with van der Waals surface area (Å²) in [5.74, 6) is 0. The van der Waals surface area contributed by atoms with Gasteiger partial charge in [-0.1, -0.05) is 30.3 Å². The van der Waals surface area contributed by atoms with Crippen LogP contribution in [0, 0.1) is 0 Å². The second-order valence-corrected chi connectivity index (χ2v) is 3.95. The Hall–Kier alpha value is -0.903. The molecule has 0 spiro atoms. The quantitative estimate of drug-likeness (QED) is 0.535. The van der Waals surface area contributed by atoms with Crippen molar-refractivity contribution in [3.8, 4) is 0 Å². The average Bonchev–Trinajstić information content (AvgIpc) is 2.76. The van der Waals surface area contributed by atoms with Gasteiger partial charge in [-0.25, -0.2) is 0 Å². The minimum atomic E-state index is -0.358. The van der Waals surface area contributed by atoms with Crippen LogP contribution < -0.4 is 0 Å². The first kappa shape index (κ1) is 8.41. The van der Waals surface area contributed by atoms with Crippen LogP contribution in [0.4, 0.5) is 0 Å². The predicted octanol–water partition coefficient (Wildman–Crippen LogP) is 1.62. The summed E-state index contributed by atoms with van der Waals surface area (Å²) >= 11 is 0. The van der Waals surface area contributed by atoms with Crippen LogP contribution in [0.3, 0.4) is 0 Å². The molecular formula is C11H9O2Si. The molecule has 0 saturated carbocycles. The molecular weight excluding hydrogens is 192 g/mol. The van der Waals surface area contributed by atoms with Crippen molar-refractivity contribution in [2.45, 2.75) is 11.7 Å². The minimum absolute atomic E-state index is 0.119. The van der Waals surface area contributed by atoms with E-state index in [0.29, 0.717) is 6.61 Å². The lowest BCUT2D eigenvalue weighted by Gasteiger charge is -2.23. The van der Waals surface area contributed by atoms with Crippen LogP contribution >= 0.6 is 0 Å². The summed E-state index contributed by atoms with van der Waals surface area (Å²) in [4.78, 5) is 0. The highest BCUT2D eigenvalue weighted by Crippen LogP contribution is 2.49. The lowest BCUT2D eigenvalue weighted by atomic mass is 9.88. The van der Waals surface area contributed by atoms with Gasteiger partial charge in [-0.05, 0) is 17.2 Å². The molecule has 0 N–H and O–H groups in total.